The minimum Gasteiger partial charge on any atom is -0.480 e. The van der Waals surface area contributed by atoms with Gasteiger partial charge in [-0.15, -0.1) is 0 Å². The molecule has 86 valence electrons. The summed E-state index contributed by atoms with van der Waals surface area (Å²) in [5.74, 6) is 0. The largest absolute Gasteiger partial charge is 0.480 e. The molecule has 2 rings (SSSR count). The van der Waals surface area contributed by atoms with Gasteiger partial charge in [-0.05, 0) is 31.0 Å². The van der Waals surface area contributed by atoms with Crippen molar-refractivity contribution in [2.45, 2.75) is 19.9 Å². The minimum absolute atomic E-state index is 0.0803. The Bertz CT molecular complexity index is 491. The van der Waals surface area contributed by atoms with E-state index in [2.05, 4.69) is 4.98 Å². The second-order valence-corrected chi connectivity index (χ2v) is 3.90. The van der Waals surface area contributed by atoms with Crippen LogP contribution >= 0.6 is 0 Å². The van der Waals surface area contributed by atoms with Gasteiger partial charge in [0.1, 0.15) is 0 Å². The van der Waals surface area contributed by atoms with Crippen LogP contribution in [-0.2, 0) is 11.3 Å². The van der Waals surface area contributed by atoms with Crippen LogP contribution in [0.5, 0.6) is 6.01 Å². The van der Waals surface area contributed by atoms with Crippen molar-refractivity contribution in [2.24, 2.45) is 0 Å². The molecule has 0 amide bonds. The van der Waals surface area contributed by atoms with Crippen molar-refractivity contribution >= 4 is 11.0 Å². The number of hydrogen-bond donors (Lipinski definition) is 1. The average Bonchev–Trinajstić information content (AvgIpc) is 2.56. The van der Waals surface area contributed by atoms with E-state index in [0.717, 1.165) is 24.0 Å². The predicted molar refractivity (Wildman–Crippen MR) is 62.6 cm³/mol. The Labute approximate surface area is 94.5 Å². The normalized spacial score (nSPS) is 11.1. The number of aromatic nitrogens is 2. The molecule has 0 aliphatic rings. The Kier molecular flexibility index (Phi) is 3.10. The Morgan fingerprint density at radius 1 is 1.44 bits per heavy atom. The molecule has 0 atom stereocenters. The number of hydrogen-bond acceptors (Lipinski definition) is 3. The first kappa shape index (κ1) is 11.0. The molecule has 0 aliphatic heterocycles. The van der Waals surface area contributed by atoms with Gasteiger partial charge in [-0.2, -0.15) is 4.98 Å². The van der Waals surface area contributed by atoms with Gasteiger partial charge in [-0.3, -0.25) is 4.57 Å². The summed E-state index contributed by atoms with van der Waals surface area (Å²) < 4.78 is 6.82. The molecular formula is C12H16N2O2. The molecule has 0 saturated carbocycles. The lowest BCUT2D eigenvalue weighted by Crippen LogP contribution is -2.00. The fourth-order valence-electron chi connectivity index (χ4n) is 1.81. The maximum atomic E-state index is 9.74. The van der Waals surface area contributed by atoms with Crippen molar-refractivity contribution in [3.63, 3.8) is 0 Å². The molecule has 1 aromatic carbocycles. The lowest BCUT2D eigenvalue weighted by Gasteiger charge is -2.05. The molecule has 0 radical (unpaired) electrons. The van der Waals surface area contributed by atoms with E-state index in [1.54, 1.807) is 7.11 Å². The van der Waals surface area contributed by atoms with E-state index >= 15 is 0 Å². The van der Waals surface area contributed by atoms with E-state index < -0.39 is 0 Å². The molecule has 0 saturated heterocycles. The smallest absolute Gasteiger partial charge is 0.294 e. The zero-order valence-electron chi connectivity index (χ0n) is 9.60. The molecule has 1 aromatic heterocycles. The molecule has 0 fully saturated rings. The van der Waals surface area contributed by atoms with Gasteiger partial charge >= 0.3 is 0 Å². The van der Waals surface area contributed by atoms with Gasteiger partial charge in [0.15, 0.2) is 0 Å². The number of benzene rings is 1. The average molecular weight is 220 g/mol. The number of ether oxygens (including phenoxy) is 1. The third-order valence-electron chi connectivity index (χ3n) is 2.61. The molecule has 0 aliphatic carbocycles. The lowest BCUT2D eigenvalue weighted by molar-refractivity contribution is 0.189. The van der Waals surface area contributed by atoms with Crippen LogP contribution in [0.25, 0.3) is 11.0 Å². The van der Waals surface area contributed by atoms with Gasteiger partial charge in [0.25, 0.3) is 6.01 Å². The first-order valence-electron chi connectivity index (χ1n) is 5.37. The molecular weight excluding hydrogens is 204 g/mol. The Hall–Kier alpha value is -1.55. The Morgan fingerprint density at radius 3 is 3.00 bits per heavy atom. The van der Waals surface area contributed by atoms with Crippen molar-refractivity contribution in [3.8, 4) is 6.01 Å². The van der Waals surface area contributed by atoms with Crippen molar-refractivity contribution < 1.29 is 9.84 Å². The van der Waals surface area contributed by atoms with E-state index in [1.165, 1.54) is 5.56 Å². The number of nitrogens with zero attached hydrogens (tertiary/aromatic N) is 2. The van der Waals surface area contributed by atoms with Crippen molar-refractivity contribution in [3.05, 3.63) is 23.8 Å². The third-order valence-corrected chi connectivity index (χ3v) is 2.61. The summed E-state index contributed by atoms with van der Waals surface area (Å²) >= 11 is 0. The molecule has 4 nitrogen and oxygen atoms in total. The number of rotatable bonds is 4. The number of imidazole rings is 1. The predicted octanol–water partition coefficient (Wildman–Crippen LogP) is 2.09. The molecule has 2 aromatic rings. The number of fused-ring (bicyclic) bond motifs is 1. The van der Waals surface area contributed by atoms with Gasteiger partial charge < -0.3 is 9.84 Å². The maximum Gasteiger partial charge on any atom is 0.294 e. The summed E-state index contributed by atoms with van der Waals surface area (Å²) in [6.07, 6.45) is 0.865. The summed E-state index contributed by atoms with van der Waals surface area (Å²) in [7, 11) is 1.68. The van der Waals surface area contributed by atoms with Gasteiger partial charge in [-0.1, -0.05) is 6.07 Å². The van der Waals surface area contributed by atoms with Crippen LogP contribution in [0, 0.1) is 6.92 Å². The quantitative estimate of drug-likeness (QED) is 0.802. The van der Waals surface area contributed by atoms with Gasteiger partial charge in [-0.25, -0.2) is 0 Å². The van der Waals surface area contributed by atoms with E-state index in [9.17, 15) is 5.11 Å². The zero-order valence-corrected chi connectivity index (χ0v) is 9.60. The second kappa shape index (κ2) is 4.53. The van der Waals surface area contributed by atoms with Crippen molar-refractivity contribution in [1.29, 1.82) is 0 Å². The molecule has 1 heterocycles. The number of aryl methyl sites for hydroxylation is 2. The topological polar surface area (TPSA) is 47.3 Å². The Morgan fingerprint density at radius 2 is 2.25 bits per heavy atom. The highest BCUT2D eigenvalue weighted by molar-refractivity contribution is 5.77. The van der Waals surface area contributed by atoms with Gasteiger partial charge in [0, 0.05) is 20.3 Å². The monoisotopic (exact) mass is 220 g/mol. The fourth-order valence-corrected chi connectivity index (χ4v) is 1.81. The highest BCUT2D eigenvalue weighted by atomic mass is 16.5. The highest BCUT2D eigenvalue weighted by Crippen LogP contribution is 2.21. The van der Waals surface area contributed by atoms with Crippen LogP contribution in [0.15, 0.2) is 18.2 Å². The Balaban J connectivity index is 2.34. The SMILES string of the molecule is COCCCn1c(O)nc2ccc(C)cc21. The summed E-state index contributed by atoms with van der Waals surface area (Å²) in [6, 6.07) is 6.04. The highest BCUT2D eigenvalue weighted by Gasteiger charge is 2.08. The van der Waals surface area contributed by atoms with E-state index in [0.29, 0.717) is 6.61 Å². The summed E-state index contributed by atoms with van der Waals surface area (Å²) in [4.78, 5) is 4.11. The maximum absolute atomic E-state index is 9.74. The number of methoxy groups -OCH3 is 1. The first-order chi connectivity index (χ1) is 7.72. The lowest BCUT2D eigenvalue weighted by atomic mass is 10.2. The van der Waals surface area contributed by atoms with Crippen LogP contribution in [0.2, 0.25) is 0 Å². The van der Waals surface area contributed by atoms with Crippen molar-refractivity contribution in [2.75, 3.05) is 13.7 Å². The molecule has 1 N–H and O–H groups in total. The zero-order chi connectivity index (χ0) is 11.5. The number of aromatic hydroxyl groups is 1. The van der Waals surface area contributed by atoms with Crippen LogP contribution in [0.3, 0.4) is 0 Å². The molecule has 0 bridgehead atoms. The summed E-state index contributed by atoms with van der Waals surface area (Å²) in [5, 5.41) is 9.74. The first-order valence-corrected chi connectivity index (χ1v) is 5.37. The van der Waals surface area contributed by atoms with Gasteiger partial charge in [0.05, 0.1) is 11.0 Å². The van der Waals surface area contributed by atoms with Crippen LogP contribution in [0.1, 0.15) is 12.0 Å². The molecule has 0 spiro atoms. The van der Waals surface area contributed by atoms with E-state index in [-0.39, 0.29) is 6.01 Å². The van der Waals surface area contributed by atoms with Crippen molar-refractivity contribution in [1.82, 2.24) is 9.55 Å². The van der Waals surface area contributed by atoms with E-state index in [4.69, 9.17) is 4.74 Å². The molecule has 0 unspecified atom stereocenters. The minimum atomic E-state index is 0.0803. The summed E-state index contributed by atoms with van der Waals surface area (Å²) in [6.45, 7) is 3.44. The van der Waals surface area contributed by atoms with Crippen LogP contribution in [-0.4, -0.2) is 28.4 Å². The van der Waals surface area contributed by atoms with E-state index in [1.807, 2.05) is 29.7 Å². The summed E-state index contributed by atoms with van der Waals surface area (Å²) in [5.41, 5.74) is 2.98. The molecule has 16 heavy (non-hydrogen) atoms. The third kappa shape index (κ3) is 2.02. The fraction of sp³-hybridized carbons (Fsp3) is 0.417. The standard InChI is InChI=1S/C12H16N2O2/c1-9-4-5-10-11(8-9)14(12(15)13-10)6-3-7-16-2/h4-5,8H,3,6-7H2,1-2H3,(H,13,15). The van der Waals surface area contributed by atoms with Crippen LogP contribution in [0.4, 0.5) is 0 Å². The second-order valence-electron chi connectivity index (χ2n) is 3.90. The van der Waals surface area contributed by atoms with Crippen LogP contribution < -0.4 is 0 Å². The van der Waals surface area contributed by atoms with Gasteiger partial charge in [0.2, 0.25) is 0 Å². The molecule has 4 heteroatoms.